The average Bonchev–Trinajstić information content (AvgIpc) is 2.55. The van der Waals surface area contributed by atoms with Crippen molar-refractivity contribution >= 4 is 12.0 Å². The maximum atomic E-state index is 11.0. The first-order valence-electron chi connectivity index (χ1n) is 8.28. The summed E-state index contributed by atoms with van der Waals surface area (Å²) in [4.78, 5) is 15.3. The number of amides is 1. The number of aromatic nitrogens is 1. The second-order valence-electron chi connectivity index (χ2n) is 6.02. The Kier molecular flexibility index (Phi) is 6.57. The number of benzene rings is 1. The highest BCUT2D eigenvalue weighted by atomic mass is 16.5. The maximum Gasteiger partial charge on any atom is 0.219 e. The molecule has 0 aliphatic carbocycles. The topological polar surface area (TPSA) is 60.5 Å². The lowest BCUT2D eigenvalue weighted by Gasteiger charge is -2.10. The minimum atomic E-state index is -0.0520. The summed E-state index contributed by atoms with van der Waals surface area (Å²) in [6, 6.07) is 11.1. The smallest absolute Gasteiger partial charge is 0.219 e. The number of hydrogen-bond acceptors (Lipinski definition) is 4. The van der Waals surface area contributed by atoms with E-state index >= 15 is 0 Å². The number of nitrogens with one attached hydrogen (secondary N) is 1. The minimum Gasteiger partial charge on any atom is -0.491 e. The number of rotatable bonds is 7. The first-order chi connectivity index (χ1) is 11.9. The molecule has 0 fully saturated rings. The predicted octanol–water partition coefficient (Wildman–Crippen LogP) is 4.20. The van der Waals surface area contributed by atoms with Gasteiger partial charge in [-0.1, -0.05) is 12.2 Å². The van der Waals surface area contributed by atoms with Crippen LogP contribution in [0.2, 0.25) is 0 Å². The molecule has 5 heteroatoms. The van der Waals surface area contributed by atoms with Crippen molar-refractivity contribution in [2.24, 2.45) is 0 Å². The molecule has 0 aliphatic rings. The molecule has 0 unspecified atom stereocenters. The van der Waals surface area contributed by atoms with Crippen molar-refractivity contribution in [2.75, 3.05) is 0 Å². The first kappa shape index (κ1) is 18.5. The molecule has 1 amide bonds. The van der Waals surface area contributed by atoms with E-state index in [-0.39, 0.29) is 18.1 Å². The van der Waals surface area contributed by atoms with Gasteiger partial charge in [0.05, 0.1) is 6.10 Å². The third-order valence-electron chi connectivity index (χ3n) is 3.19. The van der Waals surface area contributed by atoms with Crippen LogP contribution in [-0.2, 0) is 4.79 Å². The lowest BCUT2D eigenvalue weighted by Crippen LogP contribution is -2.28. The van der Waals surface area contributed by atoms with E-state index in [9.17, 15) is 4.79 Å². The average molecular weight is 340 g/mol. The lowest BCUT2D eigenvalue weighted by molar-refractivity contribution is -0.119. The maximum absolute atomic E-state index is 11.0. The van der Waals surface area contributed by atoms with Crippen LogP contribution in [-0.4, -0.2) is 23.0 Å². The molecular formula is C20H24N2O3. The molecule has 2 rings (SSSR count). The summed E-state index contributed by atoms with van der Waals surface area (Å²) in [5.74, 6) is 1.98. The van der Waals surface area contributed by atoms with Crippen molar-refractivity contribution in [3.05, 3.63) is 54.2 Å². The SMILES string of the molecule is CC(=O)N[C@@H](C)/C=C/c1ccc(Oc2ccc(OC(C)C)cc2)nc1. The van der Waals surface area contributed by atoms with Crippen LogP contribution in [0.3, 0.4) is 0 Å². The second-order valence-corrected chi connectivity index (χ2v) is 6.02. The summed E-state index contributed by atoms with van der Waals surface area (Å²) in [5.41, 5.74) is 0.935. The summed E-state index contributed by atoms with van der Waals surface area (Å²) in [5, 5.41) is 2.79. The molecule has 132 valence electrons. The molecule has 1 aromatic heterocycles. The van der Waals surface area contributed by atoms with E-state index in [1.54, 1.807) is 12.3 Å². The predicted molar refractivity (Wildman–Crippen MR) is 98.8 cm³/mol. The summed E-state index contributed by atoms with van der Waals surface area (Å²) >= 11 is 0. The van der Waals surface area contributed by atoms with E-state index in [4.69, 9.17) is 9.47 Å². The highest BCUT2D eigenvalue weighted by molar-refractivity contribution is 5.73. The van der Waals surface area contributed by atoms with E-state index in [1.165, 1.54) is 6.92 Å². The fourth-order valence-electron chi connectivity index (χ4n) is 2.15. The van der Waals surface area contributed by atoms with E-state index in [1.807, 2.05) is 63.3 Å². The first-order valence-corrected chi connectivity index (χ1v) is 8.28. The molecule has 0 aliphatic heterocycles. The molecular weight excluding hydrogens is 316 g/mol. The van der Waals surface area contributed by atoms with Crippen molar-refractivity contribution in [1.82, 2.24) is 10.3 Å². The summed E-state index contributed by atoms with van der Waals surface area (Å²) in [7, 11) is 0. The van der Waals surface area contributed by atoms with Crippen LogP contribution in [0.15, 0.2) is 48.7 Å². The van der Waals surface area contributed by atoms with Gasteiger partial charge >= 0.3 is 0 Å². The third-order valence-corrected chi connectivity index (χ3v) is 3.19. The van der Waals surface area contributed by atoms with E-state index in [0.29, 0.717) is 11.6 Å². The van der Waals surface area contributed by atoms with Crippen LogP contribution in [0.1, 0.15) is 33.3 Å². The van der Waals surface area contributed by atoms with Crippen LogP contribution in [0.5, 0.6) is 17.4 Å². The largest absolute Gasteiger partial charge is 0.491 e. The Hall–Kier alpha value is -2.82. The quantitative estimate of drug-likeness (QED) is 0.820. The summed E-state index contributed by atoms with van der Waals surface area (Å²) in [6.07, 6.45) is 5.69. The Balaban J connectivity index is 1.93. The van der Waals surface area contributed by atoms with Gasteiger partial charge < -0.3 is 14.8 Å². The van der Waals surface area contributed by atoms with E-state index in [2.05, 4.69) is 10.3 Å². The van der Waals surface area contributed by atoms with Crippen molar-refractivity contribution in [1.29, 1.82) is 0 Å². The molecule has 0 saturated heterocycles. The van der Waals surface area contributed by atoms with Gasteiger partial charge in [-0.05, 0) is 56.7 Å². The zero-order chi connectivity index (χ0) is 18.2. The van der Waals surface area contributed by atoms with E-state index in [0.717, 1.165) is 11.3 Å². The molecule has 0 spiro atoms. The fourth-order valence-corrected chi connectivity index (χ4v) is 2.15. The molecule has 1 N–H and O–H groups in total. The summed E-state index contributed by atoms with van der Waals surface area (Å²) in [6.45, 7) is 7.39. The molecule has 5 nitrogen and oxygen atoms in total. The van der Waals surface area contributed by atoms with Crippen LogP contribution < -0.4 is 14.8 Å². The van der Waals surface area contributed by atoms with Crippen LogP contribution in [0.25, 0.3) is 6.08 Å². The molecule has 1 atom stereocenters. The molecule has 0 saturated carbocycles. The van der Waals surface area contributed by atoms with Crippen molar-refractivity contribution in [3.8, 4) is 17.4 Å². The number of hydrogen-bond donors (Lipinski definition) is 1. The Labute approximate surface area is 148 Å². The highest BCUT2D eigenvalue weighted by Gasteiger charge is 2.02. The van der Waals surface area contributed by atoms with Gasteiger partial charge in [0.25, 0.3) is 0 Å². The van der Waals surface area contributed by atoms with E-state index < -0.39 is 0 Å². The van der Waals surface area contributed by atoms with Crippen LogP contribution >= 0.6 is 0 Å². The number of pyridine rings is 1. The summed E-state index contributed by atoms with van der Waals surface area (Å²) < 4.78 is 11.3. The van der Waals surface area contributed by atoms with Gasteiger partial charge in [0.1, 0.15) is 11.5 Å². The Bertz CT molecular complexity index is 707. The molecule has 1 aromatic carbocycles. The molecule has 1 heterocycles. The fraction of sp³-hybridized carbons (Fsp3) is 0.300. The second kappa shape index (κ2) is 8.87. The Morgan fingerprint density at radius 3 is 2.32 bits per heavy atom. The van der Waals surface area contributed by atoms with Crippen molar-refractivity contribution in [3.63, 3.8) is 0 Å². The van der Waals surface area contributed by atoms with Gasteiger partial charge in [0, 0.05) is 25.2 Å². The minimum absolute atomic E-state index is 0.0278. The number of carbonyl (C=O) groups excluding carboxylic acids is 1. The Morgan fingerprint density at radius 2 is 1.76 bits per heavy atom. The number of ether oxygens (including phenoxy) is 2. The normalized spacial score (nSPS) is 12.2. The van der Waals surface area contributed by atoms with Gasteiger partial charge in [-0.2, -0.15) is 0 Å². The zero-order valence-corrected chi connectivity index (χ0v) is 15.0. The molecule has 0 radical (unpaired) electrons. The van der Waals surface area contributed by atoms with Gasteiger partial charge in [0.15, 0.2) is 0 Å². The van der Waals surface area contributed by atoms with Crippen molar-refractivity contribution < 1.29 is 14.3 Å². The van der Waals surface area contributed by atoms with Gasteiger partial charge in [-0.25, -0.2) is 4.98 Å². The van der Waals surface area contributed by atoms with Gasteiger partial charge in [0.2, 0.25) is 11.8 Å². The standard InChI is InChI=1S/C20H24N2O3/c1-14(2)24-18-8-10-19(11-9-18)25-20-12-7-17(13-21-20)6-5-15(3)22-16(4)23/h5-15H,1-4H3,(H,22,23)/b6-5+/t15-/m0/s1. The lowest BCUT2D eigenvalue weighted by atomic mass is 10.2. The zero-order valence-electron chi connectivity index (χ0n) is 15.0. The monoisotopic (exact) mass is 340 g/mol. The number of nitrogens with zero attached hydrogens (tertiary/aromatic N) is 1. The van der Waals surface area contributed by atoms with Crippen LogP contribution in [0.4, 0.5) is 0 Å². The molecule has 25 heavy (non-hydrogen) atoms. The highest BCUT2D eigenvalue weighted by Crippen LogP contribution is 2.23. The van der Waals surface area contributed by atoms with Crippen molar-refractivity contribution in [2.45, 2.75) is 39.8 Å². The van der Waals surface area contributed by atoms with Gasteiger partial charge in [-0.3, -0.25) is 4.79 Å². The number of carbonyl (C=O) groups is 1. The Morgan fingerprint density at radius 1 is 1.08 bits per heavy atom. The molecule has 0 bridgehead atoms. The molecule has 2 aromatic rings. The van der Waals surface area contributed by atoms with Crippen LogP contribution in [0, 0.1) is 0 Å². The van der Waals surface area contributed by atoms with Gasteiger partial charge in [-0.15, -0.1) is 0 Å². The third kappa shape index (κ3) is 6.67.